The van der Waals surface area contributed by atoms with Gasteiger partial charge in [-0.2, -0.15) is 0 Å². The van der Waals surface area contributed by atoms with Crippen LogP contribution in [0.1, 0.15) is 90.4 Å². The van der Waals surface area contributed by atoms with E-state index in [1.54, 1.807) is 0 Å². The van der Waals surface area contributed by atoms with Crippen LogP contribution < -0.4 is 5.32 Å². The van der Waals surface area contributed by atoms with Crippen molar-refractivity contribution in [3.05, 3.63) is 0 Å². The lowest BCUT2D eigenvalue weighted by atomic mass is 9.47. The van der Waals surface area contributed by atoms with Gasteiger partial charge < -0.3 is 15.2 Å². The van der Waals surface area contributed by atoms with E-state index in [9.17, 15) is 14.7 Å². The van der Waals surface area contributed by atoms with Gasteiger partial charge in [0.25, 0.3) is 5.91 Å². The maximum atomic E-state index is 12.7. The Balaban J connectivity index is 1.01. The van der Waals surface area contributed by atoms with Crippen LogP contribution in [-0.2, 0) is 14.3 Å². The molecule has 0 aromatic rings. The van der Waals surface area contributed by atoms with Crippen LogP contribution in [0.3, 0.4) is 0 Å². The van der Waals surface area contributed by atoms with Crippen LogP contribution in [0.5, 0.6) is 0 Å². The summed E-state index contributed by atoms with van der Waals surface area (Å²) in [5.74, 6) is 3.28. The zero-order valence-corrected chi connectivity index (χ0v) is 19.0. The van der Waals surface area contributed by atoms with Crippen LogP contribution in [0.2, 0.25) is 0 Å². The van der Waals surface area contributed by atoms with Gasteiger partial charge in [-0.25, -0.2) is 0 Å². The fraction of sp³-hybridized carbons (Fsp3) is 0.923. The molecule has 5 nitrogen and oxygen atoms in total. The minimum atomic E-state index is -0.560. The first kappa shape index (κ1) is 20.5. The molecule has 8 aliphatic carbocycles. The van der Waals surface area contributed by atoms with Crippen molar-refractivity contribution in [3.63, 3.8) is 0 Å². The summed E-state index contributed by atoms with van der Waals surface area (Å²) in [5, 5.41) is 14.1. The number of aliphatic hydroxyl groups is 1. The van der Waals surface area contributed by atoms with Gasteiger partial charge in [0.1, 0.15) is 0 Å². The van der Waals surface area contributed by atoms with Gasteiger partial charge in [-0.05, 0) is 124 Å². The van der Waals surface area contributed by atoms with E-state index in [1.165, 1.54) is 44.9 Å². The van der Waals surface area contributed by atoms with Crippen molar-refractivity contribution < 1.29 is 19.4 Å². The van der Waals surface area contributed by atoms with Gasteiger partial charge in [-0.15, -0.1) is 0 Å². The number of hydrogen-bond donors (Lipinski definition) is 2. The highest BCUT2D eigenvalue weighted by atomic mass is 16.5. The van der Waals surface area contributed by atoms with Crippen molar-refractivity contribution >= 4 is 11.9 Å². The van der Waals surface area contributed by atoms with E-state index in [4.69, 9.17) is 4.74 Å². The first-order chi connectivity index (χ1) is 14.7. The first-order valence-electron chi connectivity index (χ1n) is 12.9. The van der Waals surface area contributed by atoms with E-state index in [-0.39, 0.29) is 35.4 Å². The predicted molar refractivity (Wildman–Crippen MR) is 116 cm³/mol. The second-order valence-corrected chi connectivity index (χ2v) is 13.1. The molecule has 3 atom stereocenters. The van der Waals surface area contributed by atoms with Crippen LogP contribution in [0.4, 0.5) is 0 Å². The lowest BCUT2D eigenvalue weighted by Gasteiger charge is -2.60. The van der Waals surface area contributed by atoms with Crippen molar-refractivity contribution in [2.45, 2.75) is 102 Å². The molecule has 0 unspecified atom stereocenters. The van der Waals surface area contributed by atoms with Crippen LogP contribution in [0.15, 0.2) is 0 Å². The predicted octanol–water partition coefficient (Wildman–Crippen LogP) is 3.97. The highest BCUT2D eigenvalue weighted by molar-refractivity contribution is 5.81. The monoisotopic (exact) mass is 429 g/mol. The van der Waals surface area contributed by atoms with Gasteiger partial charge in [-0.1, -0.05) is 0 Å². The summed E-state index contributed by atoms with van der Waals surface area (Å²) < 4.78 is 5.46. The molecule has 0 spiro atoms. The zero-order chi connectivity index (χ0) is 21.4. The molecular weight excluding hydrogens is 390 g/mol. The van der Waals surface area contributed by atoms with Crippen LogP contribution in [-0.4, -0.2) is 35.2 Å². The lowest BCUT2D eigenvalue weighted by Crippen LogP contribution is -2.56. The molecule has 172 valence electrons. The van der Waals surface area contributed by atoms with Crippen molar-refractivity contribution in [2.24, 2.45) is 40.4 Å². The van der Waals surface area contributed by atoms with Crippen LogP contribution >= 0.6 is 0 Å². The summed E-state index contributed by atoms with van der Waals surface area (Å²) >= 11 is 0. The number of ether oxygens (including phenoxy) is 1. The summed E-state index contributed by atoms with van der Waals surface area (Å²) in [6.45, 7) is 2.01. The molecule has 5 heteroatoms. The van der Waals surface area contributed by atoms with E-state index in [0.717, 1.165) is 49.9 Å². The standard InChI is InChI=1S/C26H39NO4/c1-16(25-8-17-2-18(9-25)4-19(3-17)10-25)27-22(28)14-31-23(29)13-24-6-20-5-21(7-24)12-26(30,11-20)15-24/h16-21,30H,2-15H2,1H3,(H,27,28)/t16-,17?,18?,19?,20-,21-,24?,25?,26?/m0/s1. The SMILES string of the molecule is C[C@H](NC(=O)COC(=O)CC12C[C@@H]3C[C@H](CC(O)(C3)C1)C2)C12CC3CC(CC(C3)C1)C2. The number of carbonyl (C=O) groups is 2. The molecule has 1 amide bonds. The van der Waals surface area contributed by atoms with Gasteiger partial charge in [0.2, 0.25) is 0 Å². The molecule has 31 heavy (non-hydrogen) atoms. The fourth-order valence-electron chi connectivity index (χ4n) is 10.3. The molecule has 0 aromatic heterocycles. The molecule has 0 radical (unpaired) electrons. The molecule has 0 saturated heterocycles. The van der Waals surface area contributed by atoms with Crippen molar-refractivity contribution in [1.29, 1.82) is 0 Å². The topological polar surface area (TPSA) is 75.6 Å². The van der Waals surface area contributed by atoms with Gasteiger partial charge in [0, 0.05) is 6.04 Å². The Bertz CT molecular complexity index is 726. The maximum absolute atomic E-state index is 12.7. The lowest BCUT2D eigenvalue weighted by molar-refractivity contribution is -0.177. The Kier molecular flexibility index (Phi) is 4.60. The maximum Gasteiger partial charge on any atom is 0.306 e. The third-order valence-electron chi connectivity index (χ3n) is 10.4. The summed E-state index contributed by atoms with van der Waals surface area (Å²) in [4.78, 5) is 25.3. The molecular formula is C26H39NO4. The molecule has 0 aromatic carbocycles. The van der Waals surface area contributed by atoms with Crippen molar-refractivity contribution in [3.8, 4) is 0 Å². The summed E-state index contributed by atoms with van der Waals surface area (Å²) in [6.07, 6.45) is 14.2. The quantitative estimate of drug-likeness (QED) is 0.627. The third kappa shape index (κ3) is 3.63. The average Bonchev–Trinajstić information content (AvgIpc) is 2.63. The molecule has 2 N–H and O–H groups in total. The fourth-order valence-corrected chi connectivity index (χ4v) is 10.3. The zero-order valence-electron chi connectivity index (χ0n) is 19.0. The molecule has 8 aliphatic rings. The van der Waals surface area contributed by atoms with Gasteiger partial charge >= 0.3 is 5.97 Å². The van der Waals surface area contributed by atoms with E-state index in [1.807, 2.05) is 0 Å². The minimum absolute atomic E-state index is 0.0983. The Morgan fingerprint density at radius 2 is 1.45 bits per heavy atom. The largest absolute Gasteiger partial charge is 0.456 e. The number of rotatable bonds is 6. The van der Waals surface area contributed by atoms with Crippen LogP contribution in [0.25, 0.3) is 0 Å². The van der Waals surface area contributed by atoms with Gasteiger partial charge in [-0.3, -0.25) is 9.59 Å². The van der Waals surface area contributed by atoms with E-state index in [0.29, 0.717) is 18.3 Å². The number of amides is 1. The highest BCUT2D eigenvalue weighted by Gasteiger charge is 2.58. The van der Waals surface area contributed by atoms with E-state index in [2.05, 4.69) is 12.2 Å². The molecule has 8 saturated carbocycles. The number of nitrogens with one attached hydrogen (secondary N) is 1. The second kappa shape index (κ2) is 6.95. The highest BCUT2D eigenvalue weighted by Crippen LogP contribution is 2.63. The van der Waals surface area contributed by atoms with E-state index < -0.39 is 5.60 Å². The smallest absolute Gasteiger partial charge is 0.306 e. The second-order valence-electron chi connectivity index (χ2n) is 13.1. The van der Waals surface area contributed by atoms with Crippen LogP contribution in [0, 0.1) is 40.4 Å². The molecule has 0 heterocycles. The molecule has 0 aliphatic heterocycles. The Hall–Kier alpha value is -1.10. The Labute approximate surface area is 186 Å². The number of carbonyl (C=O) groups excluding carboxylic acids is 2. The summed E-state index contributed by atoms with van der Waals surface area (Å²) in [5.41, 5.74) is -0.392. The van der Waals surface area contributed by atoms with Gasteiger partial charge in [0.15, 0.2) is 6.61 Å². The van der Waals surface area contributed by atoms with Crippen molar-refractivity contribution in [2.75, 3.05) is 6.61 Å². The van der Waals surface area contributed by atoms with Gasteiger partial charge in [0.05, 0.1) is 12.0 Å². The number of hydrogen-bond acceptors (Lipinski definition) is 4. The summed E-state index contributed by atoms with van der Waals surface area (Å²) in [6, 6.07) is 0.157. The first-order valence-corrected chi connectivity index (χ1v) is 12.9. The Morgan fingerprint density at radius 1 is 0.903 bits per heavy atom. The molecule has 8 bridgehead atoms. The summed E-state index contributed by atoms with van der Waals surface area (Å²) in [7, 11) is 0. The minimum Gasteiger partial charge on any atom is -0.456 e. The average molecular weight is 430 g/mol. The Morgan fingerprint density at radius 3 is 2.00 bits per heavy atom. The number of esters is 1. The van der Waals surface area contributed by atoms with Crippen molar-refractivity contribution in [1.82, 2.24) is 5.32 Å². The third-order valence-corrected chi connectivity index (χ3v) is 10.4. The molecule has 8 rings (SSSR count). The molecule has 8 fully saturated rings. The van der Waals surface area contributed by atoms with E-state index >= 15 is 0 Å². The normalized spacial score (nSPS) is 49.8.